The highest BCUT2D eigenvalue weighted by molar-refractivity contribution is 7.99. The average molecular weight is 386 g/mol. The third-order valence-electron chi connectivity index (χ3n) is 3.91. The van der Waals surface area contributed by atoms with E-state index < -0.39 is 0 Å². The Labute approximate surface area is 162 Å². The molecule has 27 heavy (non-hydrogen) atoms. The monoisotopic (exact) mass is 386 g/mol. The van der Waals surface area contributed by atoms with Crippen LogP contribution in [-0.4, -0.2) is 40.1 Å². The summed E-state index contributed by atoms with van der Waals surface area (Å²) in [5.41, 5.74) is 3.29. The zero-order chi connectivity index (χ0) is 19.2. The number of thioether (sulfide) groups is 1. The second-order valence-corrected chi connectivity index (χ2v) is 7.04. The number of carbonyl (C=O) groups excluding carboxylic acids is 1. The Bertz CT molecular complexity index is 902. The van der Waals surface area contributed by atoms with Crippen LogP contribution in [0, 0.1) is 13.8 Å². The predicted octanol–water partition coefficient (Wildman–Crippen LogP) is 3.53. The van der Waals surface area contributed by atoms with E-state index in [4.69, 9.17) is 9.26 Å². The Morgan fingerprint density at radius 2 is 2.07 bits per heavy atom. The van der Waals surface area contributed by atoms with Crippen LogP contribution in [0.2, 0.25) is 0 Å². The molecule has 0 atom stereocenters. The summed E-state index contributed by atoms with van der Waals surface area (Å²) < 4.78 is 12.3. The molecule has 0 unspecified atom stereocenters. The fourth-order valence-corrected chi connectivity index (χ4v) is 3.37. The molecule has 8 heteroatoms. The zero-order valence-corrected chi connectivity index (χ0v) is 16.4. The first-order valence-corrected chi connectivity index (χ1v) is 9.53. The van der Waals surface area contributed by atoms with Gasteiger partial charge in [-0.1, -0.05) is 46.7 Å². The molecule has 2 heterocycles. The van der Waals surface area contributed by atoms with Crippen molar-refractivity contribution in [2.45, 2.75) is 25.5 Å². The van der Waals surface area contributed by atoms with E-state index in [0.29, 0.717) is 24.7 Å². The number of hydrogen-bond donors (Lipinski definition) is 1. The van der Waals surface area contributed by atoms with E-state index in [1.165, 1.54) is 17.3 Å². The van der Waals surface area contributed by atoms with E-state index in [-0.39, 0.29) is 11.7 Å². The number of benzene rings is 1. The molecule has 0 aliphatic rings. The number of amides is 1. The average Bonchev–Trinajstić information content (AvgIpc) is 3.24. The summed E-state index contributed by atoms with van der Waals surface area (Å²) in [6.07, 6.45) is 1.83. The molecule has 1 aromatic carbocycles. The van der Waals surface area contributed by atoms with Crippen molar-refractivity contribution in [2.75, 3.05) is 24.8 Å². The van der Waals surface area contributed by atoms with Gasteiger partial charge >= 0.3 is 0 Å². The van der Waals surface area contributed by atoms with Gasteiger partial charge in [0.2, 0.25) is 5.91 Å². The van der Waals surface area contributed by atoms with Crippen molar-refractivity contribution >= 4 is 23.5 Å². The second kappa shape index (κ2) is 8.88. The molecule has 142 valence electrons. The summed E-state index contributed by atoms with van der Waals surface area (Å²) in [6.45, 7) is 5.05. The fourth-order valence-electron chi connectivity index (χ4n) is 2.56. The largest absolute Gasteiger partial charge is 0.383 e. The van der Waals surface area contributed by atoms with Gasteiger partial charge in [0.05, 0.1) is 24.3 Å². The van der Waals surface area contributed by atoms with Gasteiger partial charge in [-0.25, -0.2) is 4.98 Å². The lowest BCUT2D eigenvalue weighted by atomic mass is 10.1. The van der Waals surface area contributed by atoms with Crippen LogP contribution in [0.25, 0.3) is 11.3 Å². The third kappa shape index (κ3) is 4.99. The van der Waals surface area contributed by atoms with Crippen LogP contribution in [0.4, 0.5) is 5.82 Å². The zero-order valence-electron chi connectivity index (χ0n) is 15.6. The van der Waals surface area contributed by atoms with Crippen LogP contribution in [0.5, 0.6) is 0 Å². The van der Waals surface area contributed by atoms with Crippen molar-refractivity contribution < 1.29 is 14.1 Å². The Morgan fingerprint density at radius 1 is 1.30 bits per heavy atom. The van der Waals surface area contributed by atoms with Crippen LogP contribution in [0.3, 0.4) is 0 Å². The van der Waals surface area contributed by atoms with Crippen molar-refractivity contribution in [1.29, 1.82) is 0 Å². The Hall–Kier alpha value is -2.58. The van der Waals surface area contributed by atoms with Crippen molar-refractivity contribution in [3.05, 3.63) is 47.9 Å². The van der Waals surface area contributed by atoms with Gasteiger partial charge in [-0.3, -0.25) is 4.79 Å². The lowest BCUT2D eigenvalue weighted by Gasteiger charge is -2.11. The quantitative estimate of drug-likeness (QED) is 0.597. The van der Waals surface area contributed by atoms with Gasteiger partial charge in [0.25, 0.3) is 0 Å². The van der Waals surface area contributed by atoms with E-state index in [9.17, 15) is 4.79 Å². The molecule has 2 aromatic heterocycles. The SMILES string of the molecule is COCCn1c(-c2ccc(C)cc2)cnc1SCC(=O)Nc1cc(C)on1. The van der Waals surface area contributed by atoms with Crippen LogP contribution in [0.1, 0.15) is 11.3 Å². The molecule has 0 spiro atoms. The van der Waals surface area contributed by atoms with Gasteiger partial charge in [-0.2, -0.15) is 0 Å². The summed E-state index contributed by atoms with van der Waals surface area (Å²) in [5.74, 6) is 1.13. The maximum atomic E-state index is 12.2. The number of ether oxygens (including phenoxy) is 1. The molecule has 3 aromatic rings. The number of nitrogens with one attached hydrogen (secondary N) is 1. The summed E-state index contributed by atoms with van der Waals surface area (Å²) in [7, 11) is 1.67. The van der Waals surface area contributed by atoms with Crippen LogP contribution < -0.4 is 5.32 Å². The lowest BCUT2D eigenvalue weighted by molar-refractivity contribution is -0.113. The first kappa shape index (κ1) is 19.2. The topological polar surface area (TPSA) is 82.2 Å². The number of aryl methyl sites for hydroxylation is 2. The number of rotatable bonds is 8. The smallest absolute Gasteiger partial charge is 0.236 e. The molecule has 0 radical (unpaired) electrons. The summed E-state index contributed by atoms with van der Waals surface area (Å²) in [6, 6.07) is 9.97. The van der Waals surface area contributed by atoms with E-state index in [2.05, 4.69) is 51.2 Å². The molecule has 1 amide bonds. The molecule has 0 aliphatic carbocycles. The predicted molar refractivity (Wildman–Crippen MR) is 105 cm³/mol. The minimum absolute atomic E-state index is 0.161. The number of anilines is 1. The summed E-state index contributed by atoms with van der Waals surface area (Å²) in [4.78, 5) is 16.7. The standard InChI is InChI=1S/C19H22N4O3S/c1-13-4-6-15(7-5-13)16-11-20-19(23(16)8-9-25-3)27-12-18(24)21-17-10-14(2)26-22-17/h4-7,10-11H,8-9,12H2,1-3H3,(H,21,22,24). The lowest BCUT2D eigenvalue weighted by Crippen LogP contribution is -2.15. The maximum Gasteiger partial charge on any atom is 0.236 e. The first-order valence-electron chi connectivity index (χ1n) is 8.54. The minimum Gasteiger partial charge on any atom is -0.383 e. The van der Waals surface area contributed by atoms with Crippen LogP contribution in [-0.2, 0) is 16.1 Å². The van der Waals surface area contributed by atoms with E-state index >= 15 is 0 Å². The molecular weight excluding hydrogens is 364 g/mol. The van der Waals surface area contributed by atoms with Crippen molar-refractivity contribution in [2.24, 2.45) is 0 Å². The molecular formula is C19H22N4O3S. The highest BCUT2D eigenvalue weighted by Gasteiger charge is 2.14. The molecule has 0 bridgehead atoms. The number of methoxy groups -OCH3 is 1. The summed E-state index contributed by atoms with van der Waals surface area (Å²) in [5, 5.41) is 7.25. The van der Waals surface area contributed by atoms with Crippen LogP contribution >= 0.6 is 11.8 Å². The molecule has 3 rings (SSSR count). The molecule has 0 fully saturated rings. The number of hydrogen-bond acceptors (Lipinski definition) is 6. The fraction of sp³-hybridized carbons (Fsp3) is 0.316. The Balaban J connectivity index is 1.72. The third-order valence-corrected chi connectivity index (χ3v) is 4.90. The van der Waals surface area contributed by atoms with E-state index in [0.717, 1.165) is 16.4 Å². The number of aromatic nitrogens is 3. The second-order valence-electron chi connectivity index (χ2n) is 6.10. The van der Waals surface area contributed by atoms with Gasteiger partial charge in [-0.15, -0.1) is 0 Å². The van der Waals surface area contributed by atoms with E-state index in [1.807, 2.05) is 6.20 Å². The van der Waals surface area contributed by atoms with Gasteiger partial charge in [0, 0.05) is 19.7 Å². The number of carbonyl (C=O) groups is 1. The molecule has 0 saturated carbocycles. The highest BCUT2D eigenvalue weighted by atomic mass is 32.2. The Kier molecular flexibility index (Phi) is 6.31. The molecule has 0 aliphatic heterocycles. The van der Waals surface area contributed by atoms with Gasteiger partial charge < -0.3 is 19.1 Å². The van der Waals surface area contributed by atoms with Gasteiger partial charge in [0.1, 0.15) is 5.76 Å². The molecule has 0 saturated heterocycles. The molecule has 7 nitrogen and oxygen atoms in total. The van der Waals surface area contributed by atoms with Gasteiger partial charge in [-0.05, 0) is 19.4 Å². The van der Waals surface area contributed by atoms with Crippen molar-refractivity contribution in [3.8, 4) is 11.3 Å². The first-order chi connectivity index (χ1) is 13.1. The highest BCUT2D eigenvalue weighted by Crippen LogP contribution is 2.26. The maximum absolute atomic E-state index is 12.2. The summed E-state index contributed by atoms with van der Waals surface area (Å²) >= 11 is 1.38. The number of imidazole rings is 1. The van der Waals surface area contributed by atoms with Gasteiger partial charge in [0.15, 0.2) is 11.0 Å². The van der Waals surface area contributed by atoms with Crippen molar-refractivity contribution in [3.63, 3.8) is 0 Å². The van der Waals surface area contributed by atoms with Crippen molar-refractivity contribution in [1.82, 2.24) is 14.7 Å². The number of nitrogens with zero attached hydrogens (tertiary/aromatic N) is 3. The Morgan fingerprint density at radius 3 is 2.74 bits per heavy atom. The minimum atomic E-state index is -0.161. The van der Waals surface area contributed by atoms with Crippen LogP contribution in [0.15, 0.2) is 46.2 Å². The molecule has 1 N–H and O–H groups in total. The van der Waals surface area contributed by atoms with E-state index in [1.54, 1.807) is 20.1 Å². The normalized spacial score (nSPS) is 10.9.